The second-order valence-electron chi connectivity index (χ2n) is 3.70. The SMILES string of the molecule is C=CCC(NC)c1cc2cc(F)ccc2s1. The van der Waals surface area contributed by atoms with Gasteiger partial charge in [0.1, 0.15) is 5.82 Å². The van der Waals surface area contributed by atoms with Crippen molar-refractivity contribution in [2.45, 2.75) is 12.5 Å². The summed E-state index contributed by atoms with van der Waals surface area (Å²) < 4.78 is 14.2. The van der Waals surface area contributed by atoms with Gasteiger partial charge in [0.05, 0.1) is 0 Å². The lowest BCUT2D eigenvalue weighted by Gasteiger charge is -2.10. The van der Waals surface area contributed by atoms with Crippen LogP contribution in [0, 0.1) is 5.82 Å². The van der Waals surface area contributed by atoms with E-state index in [9.17, 15) is 4.39 Å². The Labute approximate surface area is 98.6 Å². The molecule has 3 heteroatoms. The Hall–Kier alpha value is -1.19. The molecular weight excluding hydrogens is 221 g/mol. The zero-order chi connectivity index (χ0) is 11.5. The third kappa shape index (κ3) is 2.15. The maximum absolute atomic E-state index is 13.0. The van der Waals surface area contributed by atoms with Crippen LogP contribution in [0.3, 0.4) is 0 Å². The quantitative estimate of drug-likeness (QED) is 0.793. The van der Waals surface area contributed by atoms with Gasteiger partial charge in [0.2, 0.25) is 0 Å². The molecule has 0 saturated heterocycles. The number of fused-ring (bicyclic) bond motifs is 1. The van der Waals surface area contributed by atoms with E-state index in [0.29, 0.717) is 0 Å². The van der Waals surface area contributed by atoms with E-state index >= 15 is 0 Å². The lowest BCUT2D eigenvalue weighted by atomic mass is 10.1. The first-order valence-electron chi connectivity index (χ1n) is 5.21. The molecule has 0 fully saturated rings. The van der Waals surface area contributed by atoms with E-state index in [1.54, 1.807) is 17.4 Å². The first-order valence-corrected chi connectivity index (χ1v) is 6.03. The second-order valence-corrected chi connectivity index (χ2v) is 4.81. The summed E-state index contributed by atoms with van der Waals surface area (Å²) in [7, 11) is 1.93. The van der Waals surface area contributed by atoms with Crippen LogP contribution < -0.4 is 5.32 Å². The Bertz CT molecular complexity index is 504. The second kappa shape index (κ2) is 4.76. The summed E-state index contributed by atoms with van der Waals surface area (Å²) in [6, 6.07) is 7.24. The molecule has 0 aliphatic rings. The van der Waals surface area contributed by atoms with Gasteiger partial charge in [-0.3, -0.25) is 0 Å². The number of hydrogen-bond acceptors (Lipinski definition) is 2. The molecule has 0 saturated carbocycles. The first-order chi connectivity index (χ1) is 7.74. The predicted octanol–water partition coefficient (Wildman–Crippen LogP) is 3.88. The van der Waals surface area contributed by atoms with E-state index in [1.165, 1.54) is 10.9 Å². The van der Waals surface area contributed by atoms with Crippen molar-refractivity contribution in [3.63, 3.8) is 0 Å². The monoisotopic (exact) mass is 235 g/mol. The standard InChI is InChI=1S/C13H14FNS/c1-3-4-11(15-2)13-8-9-7-10(14)5-6-12(9)16-13/h3,5-8,11,15H,1,4H2,2H3. The van der Waals surface area contributed by atoms with Crippen LogP contribution in [-0.2, 0) is 0 Å². The maximum atomic E-state index is 13.0. The van der Waals surface area contributed by atoms with E-state index in [0.717, 1.165) is 16.5 Å². The van der Waals surface area contributed by atoms with E-state index in [-0.39, 0.29) is 11.9 Å². The fourth-order valence-electron chi connectivity index (χ4n) is 1.75. The molecular formula is C13H14FNS. The molecule has 2 rings (SSSR count). The minimum atomic E-state index is -0.179. The number of rotatable bonds is 4. The van der Waals surface area contributed by atoms with Crippen molar-refractivity contribution in [1.29, 1.82) is 0 Å². The molecule has 0 amide bonds. The van der Waals surface area contributed by atoms with E-state index in [4.69, 9.17) is 0 Å². The Morgan fingerprint density at radius 3 is 3.00 bits per heavy atom. The lowest BCUT2D eigenvalue weighted by Crippen LogP contribution is -2.13. The molecule has 0 aliphatic heterocycles. The van der Waals surface area contributed by atoms with E-state index in [1.807, 2.05) is 25.3 Å². The molecule has 0 radical (unpaired) electrons. The molecule has 0 bridgehead atoms. The lowest BCUT2D eigenvalue weighted by molar-refractivity contribution is 0.614. The average molecular weight is 235 g/mol. The number of halogens is 1. The summed E-state index contributed by atoms with van der Waals surface area (Å²) in [6.07, 6.45) is 2.78. The maximum Gasteiger partial charge on any atom is 0.123 e. The highest BCUT2D eigenvalue weighted by molar-refractivity contribution is 7.19. The van der Waals surface area contributed by atoms with Crippen LogP contribution in [0.25, 0.3) is 10.1 Å². The number of hydrogen-bond donors (Lipinski definition) is 1. The fraction of sp³-hybridized carbons (Fsp3) is 0.231. The molecule has 1 unspecified atom stereocenters. The van der Waals surface area contributed by atoms with Crippen molar-refractivity contribution >= 4 is 21.4 Å². The van der Waals surface area contributed by atoms with Gasteiger partial charge in [-0.25, -0.2) is 4.39 Å². The molecule has 0 spiro atoms. The van der Waals surface area contributed by atoms with Crippen molar-refractivity contribution in [3.05, 3.63) is 47.6 Å². The molecule has 1 aromatic carbocycles. The van der Waals surface area contributed by atoms with Crippen molar-refractivity contribution in [2.24, 2.45) is 0 Å². The van der Waals surface area contributed by atoms with E-state index in [2.05, 4.69) is 11.9 Å². The van der Waals surface area contributed by atoms with Gasteiger partial charge in [-0.1, -0.05) is 6.08 Å². The third-order valence-electron chi connectivity index (χ3n) is 2.59. The third-order valence-corrected chi connectivity index (χ3v) is 3.82. The molecule has 1 N–H and O–H groups in total. The topological polar surface area (TPSA) is 12.0 Å². The Kier molecular flexibility index (Phi) is 3.36. The zero-order valence-corrected chi connectivity index (χ0v) is 9.98. The van der Waals surface area contributed by atoms with Gasteiger partial charge < -0.3 is 5.32 Å². The molecule has 1 atom stereocenters. The summed E-state index contributed by atoms with van der Waals surface area (Å²) in [5, 5.41) is 4.22. The van der Waals surface area contributed by atoms with Gasteiger partial charge in [0.25, 0.3) is 0 Å². The van der Waals surface area contributed by atoms with Crippen LogP contribution in [0.5, 0.6) is 0 Å². The molecule has 2 aromatic rings. The number of nitrogens with one attached hydrogen (secondary N) is 1. The normalized spacial score (nSPS) is 12.9. The highest BCUT2D eigenvalue weighted by Crippen LogP contribution is 2.31. The highest BCUT2D eigenvalue weighted by atomic mass is 32.1. The molecule has 0 aliphatic carbocycles. The zero-order valence-electron chi connectivity index (χ0n) is 9.16. The Morgan fingerprint density at radius 2 is 2.31 bits per heavy atom. The summed E-state index contributed by atoms with van der Waals surface area (Å²) in [4.78, 5) is 1.23. The summed E-state index contributed by atoms with van der Waals surface area (Å²) in [5.41, 5.74) is 0. The van der Waals surface area contributed by atoms with Crippen LogP contribution in [0.1, 0.15) is 17.3 Å². The van der Waals surface area contributed by atoms with Gasteiger partial charge in [-0.05, 0) is 43.1 Å². The van der Waals surface area contributed by atoms with Crippen molar-refractivity contribution in [2.75, 3.05) is 7.05 Å². The largest absolute Gasteiger partial charge is 0.312 e. The predicted molar refractivity (Wildman–Crippen MR) is 68.4 cm³/mol. The number of thiophene rings is 1. The summed E-state index contributed by atoms with van der Waals surface area (Å²) >= 11 is 1.70. The van der Waals surface area contributed by atoms with Gasteiger partial charge in [0, 0.05) is 15.6 Å². The van der Waals surface area contributed by atoms with Gasteiger partial charge in [-0.2, -0.15) is 0 Å². The van der Waals surface area contributed by atoms with Gasteiger partial charge in [0.15, 0.2) is 0 Å². The van der Waals surface area contributed by atoms with Crippen molar-refractivity contribution in [3.8, 4) is 0 Å². The molecule has 84 valence electrons. The highest BCUT2D eigenvalue weighted by Gasteiger charge is 2.11. The average Bonchev–Trinajstić information content (AvgIpc) is 2.68. The molecule has 1 nitrogen and oxygen atoms in total. The van der Waals surface area contributed by atoms with Crippen LogP contribution in [0.15, 0.2) is 36.9 Å². The smallest absolute Gasteiger partial charge is 0.123 e. The van der Waals surface area contributed by atoms with E-state index < -0.39 is 0 Å². The van der Waals surface area contributed by atoms with Crippen LogP contribution in [-0.4, -0.2) is 7.05 Å². The summed E-state index contributed by atoms with van der Waals surface area (Å²) in [6.45, 7) is 3.75. The first kappa shape index (κ1) is 11.3. The number of benzene rings is 1. The van der Waals surface area contributed by atoms with Gasteiger partial charge in [-0.15, -0.1) is 17.9 Å². The Morgan fingerprint density at radius 1 is 1.50 bits per heavy atom. The van der Waals surface area contributed by atoms with Crippen molar-refractivity contribution < 1.29 is 4.39 Å². The van der Waals surface area contributed by atoms with Crippen LogP contribution >= 0.6 is 11.3 Å². The minimum absolute atomic E-state index is 0.179. The molecule has 1 aromatic heterocycles. The fourth-order valence-corrected chi connectivity index (χ4v) is 2.92. The van der Waals surface area contributed by atoms with Crippen molar-refractivity contribution in [1.82, 2.24) is 5.32 Å². The molecule has 16 heavy (non-hydrogen) atoms. The molecule has 1 heterocycles. The summed E-state index contributed by atoms with van der Waals surface area (Å²) in [5.74, 6) is -0.179. The minimum Gasteiger partial charge on any atom is -0.312 e. The Balaban J connectivity index is 2.41. The van der Waals surface area contributed by atoms with Crippen LogP contribution in [0.2, 0.25) is 0 Å². The van der Waals surface area contributed by atoms with Crippen LogP contribution in [0.4, 0.5) is 4.39 Å². The van der Waals surface area contributed by atoms with Gasteiger partial charge >= 0.3 is 0 Å².